The highest BCUT2D eigenvalue weighted by molar-refractivity contribution is 5.31. The topological polar surface area (TPSA) is 65.9 Å². The first-order valence-electron chi connectivity index (χ1n) is 5.61. The van der Waals surface area contributed by atoms with Crippen LogP contribution in [0.4, 0.5) is 5.82 Å². The minimum atomic E-state index is 0.563. The quantitative estimate of drug-likeness (QED) is 0.810. The van der Waals surface area contributed by atoms with Crippen LogP contribution in [0.15, 0.2) is 18.3 Å². The number of nitrogens with two attached hydrogens (primary N) is 1. The summed E-state index contributed by atoms with van der Waals surface area (Å²) in [4.78, 5) is 6.34. The largest absolute Gasteiger partial charge is 0.384 e. The van der Waals surface area contributed by atoms with Gasteiger partial charge >= 0.3 is 0 Å². The zero-order chi connectivity index (χ0) is 11.4. The van der Waals surface area contributed by atoms with E-state index in [2.05, 4.69) is 16.0 Å². The number of hydrogen-bond donors (Lipinski definition) is 1. The molecular weight excluding hydrogens is 200 g/mol. The fraction of sp³-hybridized carbons (Fsp3) is 0.500. The molecule has 0 atom stereocenters. The van der Waals surface area contributed by atoms with Crippen molar-refractivity contribution in [2.75, 3.05) is 12.3 Å². The molecule has 0 spiro atoms. The van der Waals surface area contributed by atoms with E-state index in [0.29, 0.717) is 18.3 Å². The van der Waals surface area contributed by atoms with Gasteiger partial charge in [0.1, 0.15) is 5.82 Å². The van der Waals surface area contributed by atoms with Crippen molar-refractivity contribution < 1.29 is 0 Å². The van der Waals surface area contributed by atoms with Crippen LogP contribution < -0.4 is 5.73 Å². The highest BCUT2D eigenvalue weighted by Gasteiger charge is 2.28. The van der Waals surface area contributed by atoms with Crippen LogP contribution >= 0.6 is 0 Å². The van der Waals surface area contributed by atoms with E-state index in [1.807, 2.05) is 12.1 Å². The van der Waals surface area contributed by atoms with Gasteiger partial charge in [0.2, 0.25) is 0 Å². The summed E-state index contributed by atoms with van der Waals surface area (Å²) in [6, 6.07) is 6.76. The van der Waals surface area contributed by atoms with E-state index >= 15 is 0 Å². The lowest BCUT2D eigenvalue weighted by atomic mass is 10.2. The number of rotatable bonds is 5. The Labute approximate surface area is 95.7 Å². The molecule has 0 radical (unpaired) electrons. The lowest BCUT2D eigenvalue weighted by Crippen LogP contribution is -2.26. The first kappa shape index (κ1) is 10.9. The molecule has 0 aromatic carbocycles. The Kier molecular flexibility index (Phi) is 3.37. The zero-order valence-electron chi connectivity index (χ0n) is 9.26. The number of nitrogens with zero attached hydrogens (tertiary/aromatic N) is 3. The van der Waals surface area contributed by atoms with Crippen molar-refractivity contribution >= 4 is 5.82 Å². The van der Waals surface area contributed by atoms with Crippen LogP contribution in [0.3, 0.4) is 0 Å². The average Bonchev–Trinajstić information content (AvgIpc) is 3.08. The van der Waals surface area contributed by atoms with Crippen LogP contribution in [-0.2, 0) is 6.54 Å². The van der Waals surface area contributed by atoms with Crippen LogP contribution in [0.5, 0.6) is 0 Å². The predicted molar refractivity (Wildman–Crippen MR) is 62.3 cm³/mol. The third-order valence-electron chi connectivity index (χ3n) is 2.81. The molecule has 1 saturated carbocycles. The molecule has 4 nitrogen and oxygen atoms in total. The minimum Gasteiger partial charge on any atom is -0.384 e. The van der Waals surface area contributed by atoms with E-state index in [1.54, 1.807) is 6.20 Å². The van der Waals surface area contributed by atoms with E-state index in [9.17, 15) is 0 Å². The van der Waals surface area contributed by atoms with Crippen molar-refractivity contribution in [2.24, 2.45) is 0 Å². The van der Waals surface area contributed by atoms with Crippen LogP contribution in [-0.4, -0.2) is 22.5 Å². The molecule has 1 aromatic heterocycles. The number of nitriles is 1. The Morgan fingerprint density at radius 3 is 3.00 bits per heavy atom. The van der Waals surface area contributed by atoms with Gasteiger partial charge in [-0.25, -0.2) is 4.98 Å². The smallest absolute Gasteiger partial charge is 0.123 e. The van der Waals surface area contributed by atoms with Crippen molar-refractivity contribution in [1.82, 2.24) is 9.88 Å². The number of pyridine rings is 1. The maximum Gasteiger partial charge on any atom is 0.123 e. The van der Waals surface area contributed by atoms with Crippen molar-refractivity contribution in [1.29, 1.82) is 5.26 Å². The number of nitrogen functional groups attached to an aromatic ring is 1. The molecule has 1 heterocycles. The second-order valence-electron chi connectivity index (χ2n) is 4.20. The summed E-state index contributed by atoms with van der Waals surface area (Å²) in [5, 5.41) is 8.62. The van der Waals surface area contributed by atoms with Gasteiger partial charge in [0.15, 0.2) is 0 Å². The summed E-state index contributed by atoms with van der Waals surface area (Å²) < 4.78 is 0. The van der Waals surface area contributed by atoms with Crippen LogP contribution in [0.1, 0.15) is 24.8 Å². The molecule has 2 N–H and O–H groups in total. The fourth-order valence-electron chi connectivity index (χ4n) is 1.85. The maximum absolute atomic E-state index is 8.62. The van der Waals surface area contributed by atoms with Crippen LogP contribution in [0.2, 0.25) is 0 Å². The van der Waals surface area contributed by atoms with Crippen LogP contribution in [0, 0.1) is 11.3 Å². The molecule has 1 aliphatic carbocycles. The van der Waals surface area contributed by atoms with Crippen molar-refractivity contribution in [3.05, 3.63) is 23.9 Å². The summed E-state index contributed by atoms with van der Waals surface area (Å²) in [6.07, 6.45) is 4.84. The van der Waals surface area contributed by atoms with E-state index in [1.165, 1.54) is 18.4 Å². The zero-order valence-corrected chi connectivity index (χ0v) is 9.26. The standard InChI is InChI=1S/C12H16N4/c13-5-1-7-16(11-2-3-11)9-10-4-6-15-12(14)8-10/h4,6,8,11H,1-3,7,9H2,(H2,14,15). The Morgan fingerprint density at radius 1 is 1.56 bits per heavy atom. The molecule has 1 aliphatic rings. The third kappa shape index (κ3) is 2.94. The summed E-state index contributed by atoms with van der Waals surface area (Å²) in [5.74, 6) is 0.563. The highest BCUT2D eigenvalue weighted by atomic mass is 15.2. The summed E-state index contributed by atoms with van der Waals surface area (Å²) in [5.41, 5.74) is 6.82. The van der Waals surface area contributed by atoms with Crippen LogP contribution in [0.25, 0.3) is 0 Å². The molecule has 0 aliphatic heterocycles. The Hall–Kier alpha value is -1.60. The second-order valence-corrected chi connectivity index (χ2v) is 4.20. The molecular formula is C12H16N4. The van der Waals surface area contributed by atoms with Gasteiger partial charge < -0.3 is 5.73 Å². The van der Waals surface area contributed by atoms with Gasteiger partial charge in [0.25, 0.3) is 0 Å². The van der Waals surface area contributed by atoms with Gasteiger partial charge in [0.05, 0.1) is 6.07 Å². The fourth-order valence-corrected chi connectivity index (χ4v) is 1.85. The molecule has 84 valence electrons. The average molecular weight is 216 g/mol. The minimum absolute atomic E-state index is 0.563. The SMILES string of the molecule is N#CCCN(Cc1ccnc(N)c1)C1CC1. The molecule has 0 bridgehead atoms. The molecule has 4 heteroatoms. The molecule has 1 fully saturated rings. The molecule has 0 amide bonds. The highest BCUT2D eigenvalue weighted by Crippen LogP contribution is 2.28. The number of hydrogen-bond acceptors (Lipinski definition) is 4. The van der Waals surface area contributed by atoms with Gasteiger partial charge in [-0.15, -0.1) is 0 Å². The second kappa shape index (κ2) is 4.95. The first-order chi connectivity index (χ1) is 7.79. The van der Waals surface area contributed by atoms with E-state index in [4.69, 9.17) is 11.0 Å². The Balaban J connectivity index is 1.97. The first-order valence-corrected chi connectivity index (χ1v) is 5.61. The van der Waals surface area contributed by atoms with Gasteiger partial charge in [-0.3, -0.25) is 4.90 Å². The maximum atomic E-state index is 8.62. The van der Waals surface area contributed by atoms with Crippen molar-refractivity contribution in [3.8, 4) is 6.07 Å². The normalized spacial score (nSPS) is 15.0. The number of anilines is 1. The molecule has 0 unspecified atom stereocenters. The van der Waals surface area contributed by atoms with E-state index in [0.717, 1.165) is 13.1 Å². The predicted octanol–water partition coefficient (Wildman–Crippen LogP) is 1.54. The number of aromatic nitrogens is 1. The molecule has 16 heavy (non-hydrogen) atoms. The van der Waals surface area contributed by atoms with Crippen molar-refractivity contribution in [2.45, 2.75) is 31.8 Å². The summed E-state index contributed by atoms with van der Waals surface area (Å²) in [7, 11) is 0. The summed E-state index contributed by atoms with van der Waals surface area (Å²) >= 11 is 0. The molecule has 0 saturated heterocycles. The van der Waals surface area contributed by atoms with Gasteiger partial charge in [-0.1, -0.05) is 0 Å². The third-order valence-corrected chi connectivity index (χ3v) is 2.81. The Bertz CT molecular complexity index is 392. The van der Waals surface area contributed by atoms with Crippen molar-refractivity contribution in [3.63, 3.8) is 0 Å². The molecule has 1 aromatic rings. The lowest BCUT2D eigenvalue weighted by Gasteiger charge is -2.20. The molecule has 2 rings (SSSR count). The van der Waals surface area contributed by atoms with Gasteiger partial charge in [-0.05, 0) is 30.5 Å². The monoisotopic (exact) mass is 216 g/mol. The Morgan fingerprint density at radius 2 is 2.38 bits per heavy atom. The van der Waals surface area contributed by atoms with Gasteiger partial charge in [-0.2, -0.15) is 5.26 Å². The lowest BCUT2D eigenvalue weighted by molar-refractivity contribution is 0.261. The van der Waals surface area contributed by atoms with Gasteiger partial charge in [0, 0.05) is 31.7 Å². The van der Waals surface area contributed by atoms with E-state index in [-0.39, 0.29) is 0 Å². The summed E-state index contributed by atoms with van der Waals surface area (Å²) in [6.45, 7) is 1.72. The van der Waals surface area contributed by atoms with E-state index < -0.39 is 0 Å².